The Morgan fingerprint density at radius 2 is 1.70 bits per heavy atom. The number of Topliss-reactive ketones (excluding diaryl/α,β-unsaturated/α-hetero) is 1. The van der Waals surface area contributed by atoms with Crippen molar-refractivity contribution in [3.63, 3.8) is 0 Å². The molecule has 158 valence electrons. The van der Waals surface area contributed by atoms with Crippen LogP contribution in [0.5, 0.6) is 5.75 Å². The number of ether oxygens (including phenoxy) is 2. The van der Waals surface area contributed by atoms with Gasteiger partial charge in [0, 0.05) is 31.6 Å². The summed E-state index contributed by atoms with van der Waals surface area (Å²) in [6.07, 6.45) is 4.11. The molecule has 2 aromatic rings. The summed E-state index contributed by atoms with van der Waals surface area (Å²) in [6, 6.07) is 14.1. The van der Waals surface area contributed by atoms with Crippen molar-refractivity contribution in [1.29, 1.82) is 0 Å². The monoisotopic (exact) mass is 406 g/mol. The van der Waals surface area contributed by atoms with Crippen molar-refractivity contribution in [3.8, 4) is 16.9 Å². The molecule has 1 fully saturated rings. The van der Waals surface area contributed by atoms with Gasteiger partial charge in [-0.1, -0.05) is 35.9 Å². The first kappa shape index (κ1) is 20.7. The quantitative estimate of drug-likeness (QED) is 0.688. The third kappa shape index (κ3) is 4.44. The molecule has 0 bridgehead atoms. The van der Waals surface area contributed by atoms with E-state index in [1.54, 1.807) is 7.11 Å². The Kier molecular flexibility index (Phi) is 6.24. The van der Waals surface area contributed by atoms with Crippen molar-refractivity contribution in [3.05, 3.63) is 59.4 Å². The summed E-state index contributed by atoms with van der Waals surface area (Å²) in [5.41, 5.74) is 4.38. The van der Waals surface area contributed by atoms with Crippen molar-refractivity contribution in [2.45, 2.75) is 39.0 Å². The predicted octanol–water partition coefficient (Wildman–Crippen LogP) is 5.74. The molecule has 1 N–H and O–H groups in total. The van der Waals surface area contributed by atoms with E-state index in [0.717, 1.165) is 43.6 Å². The number of rotatable bonds is 5. The molecular weight excluding hydrogens is 376 g/mol. The van der Waals surface area contributed by atoms with Gasteiger partial charge in [0.25, 0.3) is 0 Å². The molecule has 0 aromatic heterocycles. The highest BCUT2D eigenvalue weighted by Crippen LogP contribution is 2.40. The standard InChI is InChI=1S/C26H30O4/c1-17-3-5-20(6-4-17)21-7-8-25(29-2)22(16-21)26-23(27)14-19(15-24(26)28)13-18-9-11-30-12-10-18/h3-8,16,18-19,27H,9-15H2,1-2H3. The summed E-state index contributed by atoms with van der Waals surface area (Å²) in [6.45, 7) is 3.67. The average Bonchev–Trinajstić information content (AvgIpc) is 2.74. The molecule has 1 saturated heterocycles. The zero-order valence-corrected chi connectivity index (χ0v) is 17.8. The molecule has 4 rings (SSSR count). The number of hydrogen-bond acceptors (Lipinski definition) is 4. The molecule has 2 aliphatic rings. The second kappa shape index (κ2) is 9.05. The van der Waals surface area contributed by atoms with E-state index in [0.29, 0.717) is 35.6 Å². The molecule has 1 aliphatic carbocycles. The SMILES string of the molecule is COc1ccc(-c2ccc(C)cc2)cc1C1=C(O)CC(CC2CCOCC2)CC1=O. The van der Waals surface area contributed by atoms with Crippen molar-refractivity contribution in [2.75, 3.05) is 20.3 Å². The number of ketones is 1. The minimum atomic E-state index is 0.00941. The highest BCUT2D eigenvalue weighted by atomic mass is 16.5. The molecule has 30 heavy (non-hydrogen) atoms. The summed E-state index contributed by atoms with van der Waals surface area (Å²) in [5, 5.41) is 10.9. The predicted molar refractivity (Wildman–Crippen MR) is 119 cm³/mol. The van der Waals surface area contributed by atoms with Crippen LogP contribution in [0, 0.1) is 18.8 Å². The zero-order chi connectivity index (χ0) is 21.1. The van der Waals surface area contributed by atoms with Crippen LogP contribution < -0.4 is 4.74 Å². The molecule has 0 radical (unpaired) electrons. The van der Waals surface area contributed by atoms with Gasteiger partial charge in [0.05, 0.1) is 12.7 Å². The van der Waals surface area contributed by atoms with Gasteiger partial charge in [-0.15, -0.1) is 0 Å². The fraction of sp³-hybridized carbons (Fsp3) is 0.423. The third-order valence-corrected chi connectivity index (χ3v) is 6.38. The Hall–Kier alpha value is -2.59. The number of aliphatic hydroxyl groups excluding tert-OH is 1. The van der Waals surface area contributed by atoms with Crippen LogP contribution in [-0.4, -0.2) is 31.2 Å². The van der Waals surface area contributed by atoms with Gasteiger partial charge in [0.2, 0.25) is 0 Å². The van der Waals surface area contributed by atoms with Gasteiger partial charge in [-0.2, -0.15) is 0 Å². The summed E-state index contributed by atoms with van der Waals surface area (Å²) in [7, 11) is 1.60. The molecule has 2 aromatic carbocycles. The van der Waals surface area contributed by atoms with Crippen LogP contribution in [-0.2, 0) is 9.53 Å². The lowest BCUT2D eigenvalue weighted by Gasteiger charge is -2.29. The van der Waals surface area contributed by atoms with Gasteiger partial charge >= 0.3 is 0 Å². The summed E-state index contributed by atoms with van der Waals surface area (Å²) in [4.78, 5) is 13.1. The van der Waals surface area contributed by atoms with Crippen LogP contribution in [0.25, 0.3) is 16.7 Å². The van der Waals surface area contributed by atoms with E-state index in [4.69, 9.17) is 9.47 Å². The molecule has 4 heteroatoms. The second-order valence-electron chi connectivity index (χ2n) is 8.59. The number of aliphatic hydroxyl groups is 1. The minimum absolute atomic E-state index is 0.00941. The van der Waals surface area contributed by atoms with Gasteiger partial charge < -0.3 is 14.6 Å². The number of carbonyl (C=O) groups excluding carboxylic acids is 1. The molecule has 1 heterocycles. The maximum atomic E-state index is 13.1. The maximum Gasteiger partial charge on any atom is 0.167 e. The van der Waals surface area contributed by atoms with Crippen LogP contribution in [0.15, 0.2) is 48.2 Å². The number of aryl methyl sites for hydroxylation is 1. The van der Waals surface area contributed by atoms with Crippen LogP contribution in [0.1, 0.15) is 43.2 Å². The van der Waals surface area contributed by atoms with Crippen molar-refractivity contribution in [2.24, 2.45) is 11.8 Å². The third-order valence-electron chi connectivity index (χ3n) is 6.38. The molecular formula is C26H30O4. The number of benzene rings is 2. The summed E-state index contributed by atoms with van der Waals surface area (Å²) < 4.78 is 11.0. The van der Waals surface area contributed by atoms with Crippen LogP contribution in [0.4, 0.5) is 0 Å². The topological polar surface area (TPSA) is 55.8 Å². The highest BCUT2D eigenvalue weighted by molar-refractivity contribution is 6.23. The number of methoxy groups -OCH3 is 1. The van der Waals surface area contributed by atoms with Gasteiger partial charge in [-0.05, 0) is 61.3 Å². The smallest absolute Gasteiger partial charge is 0.167 e. The van der Waals surface area contributed by atoms with E-state index < -0.39 is 0 Å². The molecule has 1 atom stereocenters. The average molecular weight is 407 g/mol. The summed E-state index contributed by atoms with van der Waals surface area (Å²) >= 11 is 0. The Morgan fingerprint density at radius 1 is 1.00 bits per heavy atom. The molecule has 0 amide bonds. The molecule has 4 nitrogen and oxygen atoms in total. The Balaban J connectivity index is 1.62. The van der Waals surface area contributed by atoms with Crippen molar-refractivity contribution in [1.82, 2.24) is 0 Å². The second-order valence-corrected chi connectivity index (χ2v) is 8.59. The fourth-order valence-corrected chi connectivity index (χ4v) is 4.73. The fourth-order valence-electron chi connectivity index (χ4n) is 4.73. The van der Waals surface area contributed by atoms with E-state index >= 15 is 0 Å². The van der Waals surface area contributed by atoms with E-state index in [1.165, 1.54) is 5.56 Å². The van der Waals surface area contributed by atoms with Gasteiger partial charge in [0.1, 0.15) is 11.5 Å². The summed E-state index contributed by atoms with van der Waals surface area (Å²) in [5.74, 6) is 1.61. The van der Waals surface area contributed by atoms with Crippen molar-refractivity contribution < 1.29 is 19.4 Å². The van der Waals surface area contributed by atoms with Crippen LogP contribution >= 0.6 is 0 Å². The lowest BCUT2D eigenvalue weighted by Crippen LogP contribution is -2.24. The van der Waals surface area contributed by atoms with E-state index in [1.807, 2.05) is 18.2 Å². The Bertz CT molecular complexity index is 936. The maximum absolute atomic E-state index is 13.1. The van der Waals surface area contributed by atoms with E-state index in [2.05, 4.69) is 31.2 Å². The van der Waals surface area contributed by atoms with Gasteiger partial charge in [-0.3, -0.25) is 4.79 Å². The largest absolute Gasteiger partial charge is 0.512 e. The Morgan fingerprint density at radius 3 is 2.37 bits per heavy atom. The number of carbonyl (C=O) groups is 1. The van der Waals surface area contributed by atoms with E-state index in [9.17, 15) is 9.90 Å². The minimum Gasteiger partial charge on any atom is -0.512 e. The molecule has 0 saturated carbocycles. The van der Waals surface area contributed by atoms with Crippen molar-refractivity contribution >= 4 is 11.4 Å². The normalized spacial score (nSPS) is 20.5. The van der Waals surface area contributed by atoms with Gasteiger partial charge in [-0.25, -0.2) is 0 Å². The van der Waals surface area contributed by atoms with E-state index in [-0.39, 0.29) is 17.5 Å². The molecule has 1 aliphatic heterocycles. The zero-order valence-electron chi connectivity index (χ0n) is 17.8. The van der Waals surface area contributed by atoms with Gasteiger partial charge in [0.15, 0.2) is 5.78 Å². The molecule has 0 spiro atoms. The lowest BCUT2D eigenvalue weighted by molar-refractivity contribution is -0.115. The first-order chi connectivity index (χ1) is 14.5. The molecule has 1 unspecified atom stereocenters. The van der Waals surface area contributed by atoms with Crippen LogP contribution in [0.2, 0.25) is 0 Å². The highest BCUT2D eigenvalue weighted by Gasteiger charge is 2.32. The van der Waals surface area contributed by atoms with Crippen LogP contribution in [0.3, 0.4) is 0 Å². The Labute approximate surface area is 178 Å². The number of hydrogen-bond donors (Lipinski definition) is 1. The first-order valence-corrected chi connectivity index (χ1v) is 10.8. The number of allylic oxidation sites excluding steroid dienone is 2. The first-order valence-electron chi connectivity index (χ1n) is 10.8. The lowest BCUT2D eigenvalue weighted by atomic mass is 9.78.